The van der Waals surface area contributed by atoms with Gasteiger partial charge < -0.3 is 5.73 Å². The van der Waals surface area contributed by atoms with Crippen LogP contribution in [0.3, 0.4) is 0 Å². The number of nitrogens with two attached hydrogens (primary N) is 1. The van der Waals surface area contributed by atoms with Gasteiger partial charge in [-0.2, -0.15) is 5.10 Å². The van der Waals surface area contributed by atoms with E-state index in [-0.39, 0.29) is 12.1 Å². The first-order chi connectivity index (χ1) is 8.08. The molecule has 0 saturated carbocycles. The predicted octanol–water partition coefficient (Wildman–Crippen LogP) is 3.19. The molecule has 0 aliphatic rings. The molecular formula is C12H13BrIN3. The maximum absolute atomic E-state index is 6.07. The summed E-state index contributed by atoms with van der Waals surface area (Å²) in [6.45, 7) is 2.00. The summed E-state index contributed by atoms with van der Waals surface area (Å²) in [4.78, 5) is 0. The van der Waals surface area contributed by atoms with Gasteiger partial charge in [0.2, 0.25) is 0 Å². The summed E-state index contributed by atoms with van der Waals surface area (Å²) < 4.78 is 4.11. The van der Waals surface area contributed by atoms with Crippen LogP contribution in [0, 0.1) is 3.57 Å². The van der Waals surface area contributed by atoms with Crippen LogP contribution in [0.15, 0.2) is 41.1 Å². The van der Waals surface area contributed by atoms with Crippen molar-refractivity contribution >= 4 is 38.5 Å². The van der Waals surface area contributed by atoms with E-state index in [0.29, 0.717) is 0 Å². The van der Waals surface area contributed by atoms with Gasteiger partial charge in [0, 0.05) is 16.7 Å². The van der Waals surface area contributed by atoms with E-state index < -0.39 is 0 Å². The zero-order valence-corrected chi connectivity index (χ0v) is 13.1. The highest BCUT2D eigenvalue weighted by Crippen LogP contribution is 2.23. The smallest absolute Gasteiger partial charge is 0.0916 e. The van der Waals surface area contributed by atoms with Gasteiger partial charge in [-0.05, 0) is 47.2 Å². The summed E-state index contributed by atoms with van der Waals surface area (Å²) >= 11 is 5.69. The highest BCUT2D eigenvalue weighted by molar-refractivity contribution is 14.1. The van der Waals surface area contributed by atoms with Gasteiger partial charge in [0.05, 0.1) is 15.8 Å². The Morgan fingerprint density at radius 3 is 2.47 bits per heavy atom. The summed E-state index contributed by atoms with van der Waals surface area (Å²) in [5.74, 6) is 0. The Morgan fingerprint density at radius 1 is 1.35 bits per heavy atom. The molecule has 2 N–H and O–H groups in total. The molecule has 2 unspecified atom stereocenters. The van der Waals surface area contributed by atoms with Crippen molar-refractivity contribution in [1.29, 1.82) is 0 Å². The highest BCUT2D eigenvalue weighted by atomic mass is 127. The van der Waals surface area contributed by atoms with Crippen LogP contribution in [-0.4, -0.2) is 15.8 Å². The van der Waals surface area contributed by atoms with Gasteiger partial charge in [-0.25, -0.2) is 0 Å². The second-order valence-electron chi connectivity index (χ2n) is 3.99. The first-order valence-corrected chi connectivity index (χ1v) is 7.16. The number of benzene rings is 1. The summed E-state index contributed by atoms with van der Waals surface area (Å²) in [5.41, 5.74) is 7.24. The van der Waals surface area contributed by atoms with E-state index in [4.69, 9.17) is 5.73 Å². The van der Waals surface area contributed by atoms with Crippen molar-refractivity contribution in [3.05, 3.63) is 50.3 Å². The zero-order chi connectivity index (χ0) is 12.4. The second-order valence-corrected chi connectivity index (χ2v) is 6.16. The molecular weight excluding hydrogens is 393 g/mol. The van der Waals surface area contributed by atoms with E-state index in [2.05, 4.69) is 55.8 Å². The maximum atomic E-state index is 6.07. The van der Waals surface area contributed by atoms with Crippen molar-refractivity contribution in [3.63, 3.8) is 0 Å². The lowest BCUT2D eigenvalue weighted by Gasteiger charge is -2.21. The van der Waals surface area contributed by atoms with Gasteiger partial charge in [-0.1, -0.05) is 28.1 Å². The third-order valence-corrected chi connectivity index (χ3v) is 3.65. The van der Waals surface area contributed by atoms with Crippen LogP contribution < -0.4 is 5.73 Å². The zero-order valence-electron chi connectivity index (χ0n) is 9.35. The highest BCUT2D eigenvalue weighted by Gasteiger charge is 2.18. The minimum absolute atomic E-state index is 0.00637. The van der Waals surface area contributed by atoms with Crippen molar-refractivity contribution in [3.8, 4) is 0 Å². The van der Waals surface area contributed by atoms with Crippen LogP contribution in [0.2, 0.25) is 0 Å². The van der Waals surface area contributed by atoms with E-state index >= 15 is 0 Å². The Morgan fingerprint density at radius 2 is 2.00 bits per heavy atom. The van der Waals surface area contributed by atoms with E-state index in [9.17, 15) is 0 Å². The molecule has 0 radical (unpaired) electrons. The fraction of sp³-hybridized carbons (Fsp3) is 0.250. The minimum Gasteiger partial charge on any atom is -0.326 e. The number of aromatic nitrogens is 2. The average Bonchev–Trinajstić information content (AvgIpc) is 2.68. The van der Waals surface area contributed by atoms with E-state index in [1.807, 2.05) is 36.1 Å². The van der Waals surface area contributed by atoms with Crippen molar-refractivity contribution in [1.82, 2.24) is 9.78 Å². The van der Waals surface area contributed by atoms with Crippen LogP contribution in [0.1, 0.15) is 18.5 Å². The SMILES string of the molecule is CC(N)C(c1ccc(Br)cc1)n1cc(I)cn1. The fourth-order valence-electron chi connectivity index (χ4n) is 1.82. The van der Waals surface area contributed by atoms with E-state index in [1.165, 1.54) is 5.56 Å². The van der Waals surface area contributed by atoms with Crippen molar-refractivity contribution in [2.24, 2.45) is 5.73 Å². The van der Waals surface area contributed by atoms with Crippen LogP contribution in [0.5, 0.6) is 0 Å². The molecule has 0 aliphatic carbocycles. The number of hydrogen-bond donors (Lipinski definition) is 1. The first kappa shape index (κ1) is 13.0. The molecule has 0 aliphatic heterocycles. The predicted molar refractivity (Wildman–Crippen MR) is 80.9 cm³/mol. The number of hydrogen-bond acceptors (Lipinski definition) is 2. The summed E-state index contributed by atoms with van der Waals surface area (Å²) in [6, 6.07) is 8.29. The number of nitrogens with zero attached hydrogens (tertiary/aromatic N) is 2. The van der Waals surface area contributed by atoms with Crippen LogP contribution >= 0.6 is 38.5 Å². The van der Waals surface area contributed by atoms with Crippen LogP contribution in [0.4, 0.5) is 0 Å². The maximum Gasteiger partial charge on any atom is 0.0916 e. The molecule has 2 aromatic rings. The largest absolute Gasteiger partial charge is 0.326 e. The standard InChI is InChI=1S/C12H13BrIN3/c1-8(15)12(17-7-11(14)6-16-17)9-2-4-10(13)5-3-9/h2-8,12H,15H2,1H3. The minimum atomic E-state index is 0.00637. The van der Waals surface area contributed by atoms with Crippen molar-refractivity contribution in [2.75, 3.05) is 0 Å². The van der Waals surface area contributed by atoms with Crippen molar-refractivity contribution < 1.29 is 0 Å². The topological polar surface area (TPSA) is 43.8 Å². The molecule has 1 aromatic heterocycles. The second kappa shape index (κ2) is 5.49. The molecule has 0 amide bonds. The van der Waals surface area contributed by atoms with Crippen LogP contribution in [-0.2, 0) is 0 Å². The third kappa shape index (κ3) is 3.08. The molecule has 2 rings (SSSR count). The third-order valence-electron chi connectivity index (χ3n) is 2.56. The van der Waals surface area contributed by atoms with Gasteiger partial charge in [0.1, 0.15) is 0 Å². The number of halogens is 2. The van der Waals surface area contributed by atoms with Gasteiger partial charge in [-0.3, -0.25) is 4.68 Å². The van der Waals surface area contributed by atoms with Gasteiger partial charge in [0.25, 0.3) is 0 Å². The molecule has 0 fully saturated rings. The number of rotatable bonds is 3. The summed E-state index contributed by atoms with van der Waals surface area (Å²) in [6.07, 6.45) is 3.85. The molecule has 1 aromatic carbocycles. The monoisotopic (exact) mass is 405 g/mol. The van der Waals surface area contributed by atoms with Gasteiger partial charge in [-0.15, -0.1) is 0 Å². The Hall–Kier alpha value is -0.400. The molecule has 3 nitrogen and oxygen atoms in total. The van der Waals surface area contributed by atoms with Gasteiger partial charge >= 0.3 is 0 Å². The molecule has 5 heteroatoms. The fourth-order valence-corrected chi connectivity index (χ4v) is 2.50. The Kier molecular flexibility index (Phi) is 4.22. The van der Waals surface area contributed by atoms with Crippen molar-refractivity contribution in [2.45, 2.75) is 19.0 Å². The lowest BCUT2D eigenvalue weighted by Crippen LogP contribution is -2.30. The molecule has 0 bridgehead atoms. The van der Waals surface area contributed by atoms with Crippen LogP contribution in [0.25, 0.3) is 0 Å². The molecule has 1 heterocycles. The Labute approximate surface area is 123 Å². The lowest BCUT2D eigenvalue weighted by molar-refractivity contribution is 0.454. The quantitative estimate of drug-likeness (QED) is 0.797. The molecule has 0 saturated heterocycles. The molecule has 0 spiro atoms. The van der Waals surface area contributed by atoms with Gasteiger partial charge in [0.15, 0.2) is 0 Å². The first-order valence-electron chi connectivity index (χ1n) is 5.28. The average molecular weight is 406 g/mol. The summed E-state index contributed by atoms with van der Waals surface area (Å²) in [5, 5.41) is 4.35. The molecule has 90 valence electrons. The normalized spacial score (nSPS) is 14.6. The molecule has 17 heavy (non-hydrogen) atoms. The lowest BCUT2D eigenvalue weighted by atomic mass is 10.0. The molecule has 2 atom stereocenters. The van der Waals surface area contributed by atoms with E-state index in [1.54, 1.807) is 0 Å². The van der Waals surface area contributed by atoms with E-state index in [0.717, 1.165) is 8.04 Å². The summed E-state index contributed by atoms with van der Waals surface area (Å²) in [7, 11) is 0. The Balaban J connectivity index is 2.39. The Bertz CT molecular complexity index is 493.